The summed E-state index contributed by atoms with van der Waals surface area (Å²) in [5.41, 5.74) is 9.95. The third-order valence-corrected chi connectivity index (χ3v) is 3.56. The Labute approximate surface area is 122 Å². The summed E-state index contributed by atoms with van der Waals surface area (Å²) in [4.78, 5) is 4.20. The monoisotopic (exact) mass is 281 g/mol. The van der Waals surface area contributed by atoms with E-state index in [0.717, 1.165) is 22.5 Å². The number of halogens is 1. The maximum Gasteiger partial charge on any atom is 0.123 e. The molecule has 0 radical (unpaired) electrons. The first kappa shape index (κ1) is 13.5. The molecule has 0 aliphatic heterocycles. The highest BCUT2D eigenvalue weighted by molar-refractivity contribution is 5.43. The zero-order valence-corrected chi connectivity index (χ0v) is 11.7. The third-order valence-electron chi connectivity index (χ3n) is 3.56. The van der Waals surface area contributed by atoms with Crippen molar-refractivity contribution < 1.29 is 4.39 Å². The molecule has 0 spiro atoms. The minimum absolute atomic E-state index is 0.245. The first-order valence-corrected chi connectivity index (χ1v) is 6.76. The Hall–Kier alpha value is -2.46. The Morgan fingerprint density at radius 2 is 1.90 bits per heavy atom. The molecule has 0 fully saturated rings. The van der Waals surface area contributed by atoms with Gasteiger partial charge in [-0.05, 0) is 36.2 Å². The number of aromatic nitrogens is 2. The Bertz CT molecular complexity index is 750. The van der Waals surface area contributed by atoms with E-state index in [1.165, 1.54) is 12.1 Å². The Morgan fingerprint density at radius 1 is 1.14 bits per heavy atom. The van der Waals surface area contributed by atoms with Gasteiger partial charge in [0.1, 0.15) is 5.82 Å². The minimum atomic E-state index is -0.279. The summed E-state index contributed by atoms with van der Waals surface area (Å²) >= 11 is 0. The van der Waals surface area contributed by atoms with E-state index in [1.807, 2.05) is 41.8 Å². The van der Waals surface area contributed by atoms with Gasteiger partial charge in [0, 0.05) is 5.69 Å². The van der Waals surface area contributed by atoms with E-state index in [1.54, 1.807) is 18.6 Å². The van der Waals surface area contributed by atoms with Crippen LogP contribution in [0.2, 0.25) is 0 Å². The Morgan fingerprint density at radius 3 is 2.62 bits per heavy atom. The van der Waals surface area contributed by atoms with Crippen LogP contribution in [0, 0.1) is 12.7 Å². The van der Waals surface area contributed by atoms with Gasteiger partial charge >= 0.3 is 0 Å². The first-order chi connectivity index (χ1) is 10.2. The summed E-state index contributed by atoms with van der Waals surface area (Å²) < 4.78 is 15.2. The normalized spacial score (nSPS) is 12.3. The van der Waals surface area contributed by atoms with Crippen molar-refractivity contribution in [2.24, 2.45) is 5.73 Å². The first-order valence-electron chi connectivity index (χ1n) is 6.76. The van der Waals surface area contributed by atoms with Crippen molar-refractivity contribution in [1.82, 2.24) is 9.55 Å². The van der Waals surface area contributed by atoms with Gasteiger partial charge < -0.3 is 10.3 Å². The highest BCUT2D eigenvalue weighted by Crippen LogP contribution is 2.24. The van der Waals surface area contributed by atoms with E-state index in [2.05, 4.69) is 4.98 Å². The highest BCUT2D eigenvalue weighted by Gasteiger charge is 2.15. The van der Waals surface area contributed by atoms with Gasteiger partial charge in [-0.15, -0.1) is 0 Å². The predicted molar refractivity (Wildman–Crippen MR) is 80.7 cm³/mol. The molecule has 0 saturated heterocycles. The number of nitrogens with two attached hydrogens (primary N) is 1. The third kappa shape index (κ3) is 2.58. The number of hydrogen-bond donors (Lipinski definition) is 1. The maximum atomic E-state index is 13.3. The molecular weight excluding hydrogens is 265 g/mol. The van der Waals surface area contributed by atoms with Crippen LogP contribution in [0.15, 0.2) is 61.1 Å². The van der Waals surface area contributed by atoms with E-state index < -0.39 is 0 Å². The molecule has 2 aromatic carbocycles. The summed E-state index contributed by atoms with van der Waals surface area (Å²) in [6.07, 6.45) is 3.46. The number of nitrogens with zero attached hydrogens (tertiary/aromatic N) is 2. The summed E-state index contributed by atoms with van der Waals surface area (Å²) in [5, 5.41) is 0. The molecule has 0 saturated carbocycles. The molecule has 3 rings (SSSR count). The summed E-state index contributed by atoms with van der Waals surface area (Å²) in [6.45, 7) is 1.87. The van der Waals surface area contributed by atoms with Gasteiger partial charge in [-0.25, -0.2) is 9.37 Å². The summed E-state index contributed by atoms with van der Waals surface area (Å²) in [7, 11) is 0. The van der Waals surface area contributed by atoms with Crippen LogP contribution < -0.4 is 5.73 Å². The second kappa shape index (κ2) is 5.50. The fraction of sp³-hybridized carbons (Fsp3) is 0.118. The molecule has 106 valence electrons. The van der Waals surface area contributed by atoms with Crippen LogP contribution >= 0.6 is 0 Å². The molecule has 0 aliphatic carbocycles. The van der Waals surface area contributed by atoms with Crippen molar-refractivity contribution in [3.63, 3.8) is 0 Å². The zero-order valence-electron chi connectivity index (χ0n) is 11.7. The molecule has 1 unspecified atom stereocenters. The van der Waals surface area contributed by atoms with Gasteiger partial charge in [-0.3, -0.25) is 0 Å². The highest BCUT2D eigenvalue weighted by atomic mass is 19.1. The average Bonchev–Trinajstić information content (AvgIpc) is 2.96. The molecule has 1 atom stereocenters. The van der Waals surface area contributed by atoms with E-state index >= 15 is 0 Å². The van der Waals surface area contributed by atoms with Crippen LogP contribution in [0.5, 0.6) is 0 Å². The molecule has 21 heavy (non-hydrogen) atoms. The lowest BCUT2D eigenvalue weighted by Crippen LogP contribution is -2.16. The van der Waals surface area contributed by atoms with Crippen molar-refractivity contribution >= 4 is 0 Å². The molecule has 0 aliphatic rings. The average molecular weight is 281 g/mol. The molecule has 1 aromatic heterocycles. The second-order valence-electron chi connectivity index (χ2n) is 5.01. The van der Waals surface area contributed by atoms with Crippen molar-refractivity contribution in [2.45, 2.75) is 13.0 Å². The Balaban J connectivity index is 2.05. The lowest BCUT2D eigenvalue weighted by molar-refractivity contribution is 0.625. The predicted octanol–water partition coefficient (Wildman–Crippen LogP) is 3.37. The van der Waals surface area contributed by atoms with Gasteiger partial charge in [-0.1, -0.05) is 30.3 Å². The molecular formula is C17H16FN3. The Kier molecular flexibility index (Phi) is 3.54. The molecule has 1 heterocycles. The van der Waals surface area contributed by atoms with Gasteiger partial charge in [0.05, 0.1) is 24.3 Å². The maximum absolute atomic E-state index is 13.3. The van der Waals surface area contributed by atoms with Crippen molar-refractivity contribution in [3.8, 4) is 5.69 Å². The van der Waals surface area contributed by atoms with Crippen molar-refractivity contribution in [3.05, 3.63) is 83.7 Å². The standard InChI is InChI=1S/C17H16FN3/c1-12-9-14(18)7-8-15(12)21-11-20-10-16(21)17(19)13-5-3-2-4-6-13/h2-11,17H,19H2,1H3. The SMILES string of the molecule is Cc1cc(F)ccc1-n1cncc1C(N)c1ccccc1. The largest absolute Gasteiger partial charge is 0.319 e. The number of imidazole rings is 1. The molecule has 3 nitrogen and oxygen atoms in total. The molecule has 4 heteroatoms. The van der Waals surface area contributed by atoms with Gasteiger partial charge in [0.2, 0.25) is 0 Å². The fourth-order valence-corrected chi connectivity index (χ4v) is 2.46. The van der Waals surface area contributed by atoms with Crippen LogP contribution in [0.3, 0.4) is 0 Å². The van der Waals surface area contributed by atoms with Gasteiger partial charge in [0.25, 0.3) is 0 Å². The number of aryl methyl sites for hydroxylation is 1. The number of benzene rings is 2. The van der Waals surface area contributed by atoms with Crippen LogP contribution in [0.1, 0.15) is 22.9 Å². The topological polar surface area (TPSA) is 43.8 Å². The summed E-state index contributed by atoms with van der Waals surface area (Å²) in [5.74, 6) is -0.245. The van der Waals surface area contributed by atoms with E-state index in [-0.39, 0.29) is 11.9 Å². The van der Waals surface area contributed by atoms with Gasteiger partial charge in [-0.2, -0.15) is 0 Å². The smallest absolute Gasteiger partial charge is 0.123 e. The molecule has 0 amide bonds. The van der Waals surface area contributed by atoms with Crippen LogP contribution in [-0.2, 0) is 0 Å². The van der Waals surface area contributed by atoms with Crippen LogP contribution in [0.4, 0.5) is 4.39 Å². The molecule has 2 N–H and O–H groups in total. The number of hydrogen-bond acceptors (Lipinski definition) is 2. The van der Waals surface area contributed by atoms with E-state index in [4.69, 9.17) is 5.73 Å². The van der Waals surface area contributed by atoms with E-state index in [9.17, 15) is 4.39 Å². The lowest BCUT2D eigenvalue weighted by atomic mass is 10.0. The van der Waals surface area contributed by atoms with Crippen molar-refractivity contribution in [2.75, 3.05) is 0 Å². The minimum Gasteiger partial charge on any atom is -0.319 e. The van der Waals surface area contributed by atoms with Crippen LogP contribution in [0.25, 0.3) is 5.69 Å². The number of rotatable bonds is 3. The zero-order chi connectivity index (χ0) is 14.8. The lowest BCUT2D eigenvalue weighted by Gasteiger charge is -2.16. The van der Waals surface area contributed by atoms with Gasteiger partial charge in [0.15, 0.2) is 0 Å². The fourth-order valence-electron chi connectivity index (χ4n) is 2.46. The molecule has 0 bridgehead atoms. The van der Waals surface area contributed by atoms with E-state index in [0.29, 0.717) is 0 Å². The second-order valence-corrected chi connectivity index (χ2v) is 5.01. The van der Waals surface area contributed by atoms with Crippen LogP contribution in [-0.4, -0.2) is 9.55 Å². The molecule has 3 aromatic rings. The van der Waals surface area contributed by atoms with Crippen molar-refractivity contribution in [1.29, 1.82) is 0 Å². The quantitative estimate of drug-likeness (QED) is 0.800. The summed E-state index contributed by atoms with van der Waals surface area (Å²) in [6, 6.07) is 14.3.